The van der Waals surface area contributed by atoms with Crippen molar-refractivity contribution in [2.75, 3.05) is 7.11 Å². The lowest BCUT2D eigenvalue weighted by atomic mass is 10.2. The summed E-state index contributed by atoms with van der Waals surface area (Å²) in [4.78, 5) is 3.92. The lowest BCUT2D eigenvalue weighted by Gasteiger charge is -2.09. The van der Waals surface area contributed by atoms with Crippen LogP contribution in [0.4, 0.5) is 0 Å². The van der Waals surface area contributed by atoms with Crippen LogP contribution in [0.15, 0.2) is 27.6 Å². The molecular formula is C12H15N3O5S. The topological polar surface area (TPSA) is 115 Å². The Hall–Kier alpha value is -1.97. The van der Waals surface area contributed by atoms with Crippen LogP contribution in [0.3, 0.4) is 0 Å². The van der Waals surface area contributed by atoms with Crippen LogP contribution in [-0.4, -0.2) is 30.8 Å². The van der Waals surface area contributed by atoms with Crippen LogP contribution < -0.4 is 9.46 Å². The maximum absolute atomic E-state index is 12.2. The Morgan fingerprint density at radius 1 is 1.43 bits per heavy atom. The molecule has 1 aromatic carbocycles. The molecule has 0 amide bonds. The Kier molecular flexibility index (Phi) is 4.56. The number of aromatic nitrogens is 2. The fraction of sp³-hybridized carbons (Fsp3) is 0.333. The highest BCUT2D eigenvalue weighted by molar-refractivity contribution is 7.89. The number of rotatable bonds is 6. The first-order valence-electron chi connectivity index (χ1n) is 6.03. The van der Waals surface area contributed by atoms with E-state index in [4.69, 9.17) is 9.26 Å². The minimum atomic E-state index is -3.75. The number of methoxy groups -OCH3 is 1. The lowest BCUT2D eigenvalue weighted by molar-refractivity contribution is 0.273. The molecule has 9 heteroatoms. The van der Waals surface area contributed by atoms with Gasteiger partial charge in [-0.25, -0.2) is 13.1 Å². The Bertz CT molecular complexity index is 726. The van der Waals surface area contributed by atoms with Crippen molar-refractivity contribution in [1.29, 1.82) is 0 Å². The molecule has 0 saturated heterocycles. The fourth-order valence-electron chi connectivity index (χ4n) is 1.70. The molecule has 0 spiro atoms. The van der Waals surface area contributed by atoms with Gasteiger partial charge in [0.05, 0.1) is 25.2 Å². The average molecular weight is 313 g/mol. The first-order chi connectivity index (χ1) is 9.96. The highest BCUT2D eigenvalue weighted by Gasteiger charge is 2.17. The zero-order valence-corrected chi connectivity index (χ0v) is 12.3. The number of nitrogens with one attached hydrogen (secondary N) is 1. The first-order valence-corrected chi connectivity index (χ1v) is 7.51. The number of nitrogens with zero attached hydrogens (tertiary/aromatic N) is 2. The van der Waals surface area contributed by atoms with Crippen LogP contribution in [0.25, 0.3) is 0 Å². The largest absolute Gasteiger partial charge is 0.496 e. The molecule has 0 saturated carbocycles. The third kappa shape index (κ3) is 3.57. The second-order valence-corrected chi connectivity index (χ2v) is 5.96. The van der Waals surface area contributed by atoms with Crippen molar-refractivity contribution >= 4 is 10.0 Å². The van der Waals surface area contributed by atoms with Crippen LogP contribution in [-0.2, 0) is 23.2 Å². The first kappa shape index (κ1) is 15.4. The monoisotopic (exact) mass is 313 g/mol. The summed E-state index contributed by atoms with van der Waals surface area (Å²) < 4.78 is 36.5. The van der Waals surface area contributed by atoms with Gasteiger partial charge in [-0.1, -0.05) is 5.16 Å². The van der Waals surface area contributed by atoms with Crippen LogP contribution in [0.5, 0.6) is 5.75 Å². The van der Waals surface area contributed by atoms with E-state index in [2.05, 4.69) is 14.9 Å². The van der Waals surface area contributed by atoms with Gasteiger partial charge in [0.1, 0.15) is 5.75 Å². The van der Waals surface area contributed by atoms with Gasteiger partial charge < -0.3 is 14.4 Å². The van der Waals surface area contributed by atoms with E-state index in [1.165, 1.54) is 25.3 Å². The zero-order chi connectivity index (χ0) is 15.5. The molecule has 0 aliphatic rings. The van der Waals surface area contributed by atoms with E-state index < -0.39 is 10.0 Å². The highest BCUT2D eigenvalue weighted by atomic mass is 32.2. The molecule has 8 nitrogen and oxygen atoms in total. The van der Waals surface area contributed by atoms with Gasteiger partial charge in [0, 0.05) is 5.56 Å². The summed E-state index contributed by atoms with van der Waals surface area (Å²) in [5.41, 5.74) is 0.383. The maximum Gasteiger partial charge on any atom is 0.241 e. The Morgan fingerprint density at radius 2 is 2.19 bits per heavy atom. The number of ether oxygens (including phenoxy) is 1. The minimum Gasteiger partial charge on any atom is -0.496 e. The number of benzene rings is 1. The van der Waals surface area contributed by atoms with Crippen molar-refractivity contribution in [2.45, 2.75) is 25.0 Å². The lowest BCUT2D eigenvalue weighted by Crippen LogP contribution is -2.23. The number of hydrogen-bond donors (Lipinski definition) is 2. The molecule has 0 unspecified atom stereocenters. The predicted molar refractivity (Wildman–Crippen MR) is 72.0 cm³/mol. The third-order valence-corrected chi connectivity index (χ3v) is 4.11. The second-order valence-electron chi connectivity index (χ2n) is 4.19. The maximum atomic E-state index is 12.2. The normalized spacial score (nSPS) is 11.6. The molecule has 0 radical (unpaired) electrons. The summed E-state index contributed by atoms with van der Waals surface area (Å²) in [5, 5.41) is 12.8. The summed E-state index contributed by atoms with van der Waals surface area (Å²) in [6.07, 6.45) is 0. The average Bonchev–Trinajstić information content (AvgIpc) is 2.90. The fourth-order valence-corrected chi connectivity index (χ4v) is 2.72. The standard InChI is InChI=1S/C12H15N3O5S/c1-8-14-12(20-15-8)6-13-21(17,18)10-3-4-11(19-2)9(5-10)7-16/h3-5,13,16H,6-7H2,1-2H3. The molecule has 114 valence electrons. The number of aliphatic hydroxyl groups excluding tert-OH is 1. The van der Waals surface area contributed by atoms with Gasteiger partial charge in [0.25, 0.3) is 0 Å². The van der Waals surface area contributed by atoms with E-state index in [1.54, 1.807) is 6.92 Å². The van der Waals surface area contributed by atoms with Crippen molar-refractivity contribution < 1.29 is 22.8 Å². The van der Waals surface area contributed by atoms with E-state index >= 15 is 0 Å². The molecule has 0 bridgehead atoms. The molecule has 2 rings (SSSR count). The van der Waals surface area contributed by atoms with Gasteiger partial charge in [0.2, 0.25) is 15.9 Å². The van der Waals surface area contributed by atoms with Crippen molar-refractivity contribution in [3.63, 3.8) is 0 Å². The van der Waals surface area contributed by atoms with E-state index in [0.717, 1.165) is 0 Å². The summed E-state index contributed by atoms with van der Waals surface area (Å²) in [6, 6.07) is 4.22. The number of aryl methyl sites for hydroxylation is 1. The number of hydrogen-bond acceptors (Lipinski definition) is 7. The Labute approximate surface area is 121 Å². The molecule has 2 aromatic rings. The molecule has 1 aromatic heterocycles. The van der Waals surface area contributed by atoms with Gasteiger partial charge in [-0.3, -0.25) is 0 Å². The molecule has 0 fully saturated rings. The predicted octanol–water partition coefficient (Wildman–Crippen LogP) is 0.357. The Balaban J connectivity index is 2.19. The molecule has 0 aliphatic carbocycles. The van der Waals surface area contributed by atoms with Gasteiger partial charge in [-0.2, -0.15) is 4.98 Å². The number of aliphatic hydroxyl groups is 1. The Morgan fingerprint density at radius 3 is 2.76 bits per heavy atom. The summed E-state index contributed by atoms with van der Waals surface area (Å²) in [5.74, 6) is 1.02. The van der Waals surface area contributed by atoms with Crippen LogP contribution in [0.2, 0.25) is 0 Å². The van der Waals surface area contributed by atoms with Crippen molar-refractivity contribution in [1.82, 2.24) is 14.9 Å². The molecule has 1 heterocycles. The van der Waals surface area contributed by atoms with Crippen molar-refractivity contribution in [2.24, 2.45) is 0 Å². The van der Waals surface area contributed by atoms with Gasteiger partial charge >= 0.3 is 0 Å². The van der Waals surface area contributed by atoms with Crippen LogP contribution >= 0.6 is 0 Å². The molecule has 0 atom stereocenters. The summed E-state index contributed by atoms with van der Waals surface area (Å²) in [7, 11) is -2.31. The zero-order valence-electron chi connectivity index (χ0n) is 11.5. The van der Waals surface area contributed by atoms with Crippen LogP contribution in [0.1, 0.15) is 17.3 Å². The highest BCUT2D eigenvalue weighted by Crippen LogP contribution is 2.22. The smallest absolute Gasteiger partial charge is 0.241 e. The van der Waals surface area contributed by atoms with E-state index in [1.807, 2.05) is 0 Å². The number of sulfonamides is 1. The van der Waals surface area contributed by atoms with Crippen molar-refractivity contribution in [3.8, 4) is 5.75 Å². The third-order valence-electron chi connectivity index (χ3n) is 2.72. The van der Waals surface area contributed by atoms with Gasteiger partial charge in [-0.05, 0) is 25.1 Å². The quantitative estimate of drug-likeness (QED) is 0.791. The van der Waals surface area contributed by atoms with Gasteiger partial charge in [0.15, 0.2) is 5.82 Å². The SMILES string of the molecule is COc1ccc(S(=O)(=O)NCc2nc(C)no2)cc1CO. The van der Waals surface area contributed by atoms with E-state index in [9.17, 15) is 13.5 Å². The second kappa shape index (κ2) is 6.20. The molecule has 21 heavy (non-hydrogen) atoms. The van der Waals surface area contributed by atoms with E-state index in [-0.39, 0.29) is 23.9 Å². The molecule has 0 aliphatic heterocycles. The van der Waals surface area contributed by atoms with E-state index in [0.29, 0.717) is 17.1 Å². The van der Waals surface area contributed by atoms with Gasteiger partial charge in [-0.15, -0.1) is 0 Å². The minimum absolute atomic E-state index is 0.0172. The van der Waals surface area contributed by atoms with Crippen molar-refractivity contribution in [3.05, 3.63) is 35.5 Å². The van der Waals surface area contributed by atoms with Crippen LogP contribution in [0, 0.1) is 6.92 Å². The molecular weight excluding hydrogens is 298 g/mol. The molecule has 2 N–H and O–H groups in total. The summed E-state index contributed by atoms with van der Waals surface area (Å²) >= 11 is 0. The summed E-state index contributed by atoms with van der Waals surface area (Å²) in [6.45, 7) is 1.21.